The highest BCUT2D eigenvalue weighted by Crippen LogP contribution is 2.12. The fraction of sp³-hybridized carbons (Fsp3) is 0.600. The van der Waals surface area contributed by atoms with Gasteiger partial charge in [-0.2, -0.15) is 0 Å². The summed E-state index contributed by atoms with van der Waals surface area (Å²) in [6.07, 6.45) is 0. The molecule has 3 nitrogen and oxygen atoms in total. The van der Waals surface area contributed by atoms with Crippen LogP contribution in [0.25, 0.3) is 0 Å². The van der Waals surface area contributed by atoms with E-state index in [2.05, 4.69) is 47.5 Å². The average molecular weight is 248 g/mol. The molecule has 1 fully saturated rings. The van der Waals surface area contributed by atoms with Crippen molar-refractivity contribution in [2.45, 2.75) is 12.8 Å². The lowest BCUT2D eigenvalue weighted by atomic mass is 10.0. The predicted octanol–water partition coefficient (Wildman–Crippen LogP) is 1.71. The van der Waals surface area contributed by atoms with Gasteiger partial charge in [-0.25, -0.2) is 0 Å². The van der Waals surface area contributed by atoms with Gasteiger partial charge in [0, 0.05) is 32.7 Å². The molecule has 1 saturated heterocycles. The number of morpholine rings is 1. The first-order chi connectivity index (χ1) is 8.86. The van der Waals surface area contributed by atoms with E-state index in [0.717, 1.165) is 45.9 Å². The molecule has 0 amide bonds. The number of hydrogen-bond donors (Lipinski definition) is 1. The van der Waals surface area contributed by atoms with Gasteiger partial charge in [-0.3, -0.25) is 4.90 Å². The van der Waals surface area contributed by atoms with E-state index in [9.17, 15) is 0 Å². The Morgan fingerprint density at radius 1 is 1.22 bits per heavy atom. The lowest BCUT2D eigenvalue weighted by molar-refractivity contribution is 0.0384. The molecule has 0 radical (unpaired) electrons. The maximum Gasteiger partial charge on any atom is 0.0594 e. The van der Waals surface area contributed by atoms with Crippen LogP contribution >= 0.6 is 0 Å². The fourth-order valence-corrected chi connectivity index (χ4v) is 2.28. The van der Waals surface area contributed by atoms with Gasteiger partial charge in [-0.1, -0.05) is 37.3 Å². The molecule has 1 aliphatic rings. The molecule has 1 heterocycles. The third kappa shape index (κ3) is 4.41. The minimum atomic E-state index is 0.580. The third-order valence-corrected chi connectivity index (χ3v) is 3.53. The summed E-state index contributed by atoms with van der Waals surface area (Å²) in [6, 6.07) is 10.7. The summed E-state index contributed by atoms with van der Waals surface area (Å²) in [5, 5.41) is 3.55. The standard InChI is InChI=1S/C15H24N2O/c1-14(15-5-3-2-4-6-15)13-16-7-8-17-9-11-18-12-10-17/h2-6,14,16H,7-13H2,1H3/t14-/m0/s1. The van der Waals surface area contributed by atoms with Gasteiger partial charge >= 0.3 is 0 Å². The lowest BCUT2D eigenvalue weighted by Crippen LogP contribution is -2.40. The molecule has 2 rings (SSSR count). The minimum Gasteiger partial charge on any atom is -0.379 e. The zero-order valence-corrected chi connectivity index (χ0v) is 11.3. The molecule has 1 aromatic rings. The zero-order chi connectivity index (χ0) is 12.6. The van der Waals surface area contributed by atoms with E-state index in [4.69, 9.17) is 4.74 Å². The van der Waals surface area contributed by atoms with Crippen molar-refractivity contribution >= 4 is 0 Å². The Labute approximate surface area is 110 Å². The van der Waals surface area contributed by atoms with Crippen LogP contribution in [0.5, 0.6) is 0 Å². The summed E-state index contributed by atoms with van der Waals surface area (Å²) in [5.41, 5.74) is 1.41. The van der Waals surface area contributed by atoms with Crippen molar-refractivity contribution in [3.8, 4) is 0 Å². The summed E-state index contributed by atoms with van der Waals surface area (Å²) in [7, 11) is 0. The van der Waals surface area contributed by atoms with Gasteiger partial charge in [0.2, 0.25) is 0 Å². The highest BCUT2D eigenvalue weighted by molar-refractivity contribution is 5.18. The number of rotatable bonds is 6. The quantitative estimate of drug-likeness (QED) is 0.776. The molecule has 1 aliphatic heterocycles. The first-order valence-corrected chi connectivity index (χ1v) is 6.92. The van der Waals surface area contributed by atoms with Gasteiger partial charge in [-0.05, 0) is 11.5 Å². The van der Waals surface area contributed by atoms with Gasteiger partial charge in [0.05, 0.1) is 13.2 Å². The van der Waals surface area contributed by atoms with E-state index < -0.39 is 0 Å². The Hall–Kier alpha value is -0.900. The van der Waals surface area contributed by atoms with Gasteiger partial charge in [0.15, 0.2) is 0 Å². The normalized spacial score (nSPS) is 18.7. The Morgan fingerprint density at radius 2 is 1.94 bits per heavy atom. The first kappa shape index (κ1) is 13.5. The predicted molar refractivity (Wildman–Crippen MR) is 75.0 cm³/mol. The molecule has 0 bridgehead atoms. The topological polar surface area (TPSA) is 24.5 Å². The molecule has 3 heteroatoms. The summed E-state index contributed by atoms with van der Waals surface area (Å²) in [4.78, 5) is 2.46. The highest BCUT2D eigenvalue weighted by Gasteiger charge is 2.09. The van der Waals surface area contributed by atoms with Crippen LogP contribution in [0, 0.1) is 0 Å². The summed E-state index contributed by atoms with van der Waals surface area (Å²) in [6.45, 7) is 9.46. The molecule has 0 spiro atoms. The van der Waals surface area contributed by atoms with Crippen LogP contribution < -0.4 is 5.32 Å². The second-order valence-electron chi connectivity index (χ2n) is 4.97. The summed E-state index contributed by atoms with van der Waals surface area (Å²) >= 11 is 0. The fourth-order valence-electron chi connectivity index (χ4n) is 2.28. The maximum absolute atomic E-state index is 5.34. The van der Waals surface area contributed by atoms with Crippen molar-refractivity contribution < 1.29 is 4.74 Å². The number of nitrogens with zero attached hydrogens (tertiary/aromatic N) is 1. The second-order valence-corrected chi connectivity index (χ2v) is 4.97. The molecular formula is C15H24N2O. The minimum absolute atomic E-state index is 0.580. The Kier molecular flexibility index (Phi) is 5.65. The molecule has 1 atom stereocenters. The van der Waals surface area contributed by atoms with Crippen LogP contribution in [0.4, 0.5) is 0 Å². The molecule has 0 aromatic heterocycles. The molecule has 0 unspecified atom stereocenters. The van der Waals surface area contributed by atoms with Gasteiger partial charge < -0.3 is 10.1 Å². The van der Waals surface area contributed by atoms with Gasteiger partial charge in [-0.15, -0.1) is 0 Å². The molecule has 18 heavy (non-hydrogen) atoms. The molecule has 0 saturated carbocycles. The summed E-state index contributed by atoms with van der Waals surface area (Å²) in [5.74, 6) is 0.580. The van der Waals surface area contributed by atoms with Crippen LogP contribution in [0.1, 0.15) is 18.4 Å². The molecular weight excluding hydrogens is 224 g/mol. The zero-order valence-electron chi connectivity index (χ0n) is 11.3. The van der Waals surface area contributed by atoms with E-state index in [1.807, 2.05) is 0 Å². The van der Waals surface area contributed by atoms with Crippen molar-refractivity contribution in [3.63, 3.8) is 0 Å². The number of hydrogen-bond acceptors (Lipinski definition) is 3. The smallest absolute Gasteiger partial charge is 0.0594 e. The van der Waals surface area contributed by atoms with Crippen LogP contribution in [0.15, 0.2) is 30.3 Å². The highest BCUT2D eigenvalue weighted by atomic mass is 16.5. The second kappa shape index (κ2) is 7.52. The van der Waals surface area contributed by atoms with E-state index in [1.54, 1.807) is 0 Å². The van der Waals surface area contributed by atoms with Crippen LogP contribution in [-0.2, 0) is 4.74 Å². The van der Waals surface area contributed by atoms with Crippen LogP contribution in [0.2, 0.25) is 0 Å². The van der Waals surface area contributed by atoms with Crippen molar-refractivity contribution in [2.75, 3.05) is 45.9 Å². The number of ether oxygens (including phenoxy) is 1. The molecule has 0 aliphatic carbocycles. The third-order valence-electron chi connectivity index (χ3n) is 3.53. The SMILES string of the molecule is C[C@@H](CNCCN1CCOCC1)c1ccccc1. The Balaban J connectivity index is 1.60. The largest absolute Gasteiger partial charge is 0.379 e. The number of benzene rings is 1. The van der Waals surface area contributed by atoms with Crippen molar-refractivity contribution in [3.05, 3.63) is 35.9 Å². The van der Waals surface area contributed by atoms with Crippen molar-refractivity contribution in [1.82, 2.24) is 10.2 Å². The van der Waals surface area contributed by atoms with Crippen molar-refractivity contribution in [1.29, 1.82) is 0 Å². The van der Waals surface area contributed by atoms with Gasteiger partial charge in [0.25, 0.3) is 0 Å². The van der Waals surface area contributed by atoms with Crippen molar-refractivity contribution in [2.24, 2.45) is 0 Å². The van der Waals surface area contributed by atoms with E-state index in [1.165, 1.54) is 5.56 Å². The lowest BCUT2D eigenvalue weighted by Gasteiger charge is -2.26. The van der Waals surface area contributed by atoms with E-state index >= 15 is 0 Å². The monoisotopic (exact) mass is 248 g/mol. The summed E-state index contributed by atoms with van der Waals surface area (Å²) < 4.78 is 5.34. The van der Waals surface area contributed by atoms with Crippen LogP contribution in [0.3, 0.4) is 0 Å². The Morgan fingerprint density at radius 3 is 2.67 bits per heavy atom. The average Bonchev–Trinajstić information content (AvgIpc) is 2.45. The van der Waals surface area contributed by atoms with Gasteiger partial charge in [0.1, 0.15) is 0 Å². The molecule has 100 valence electrons. The molecule has 1 N–H and O–H groups in total. The first-order valence-electron chi connectivity index (χ1n) is 6.92. The Bertz CT molecular complexity index is 323. The van der Waals surface area contributed by atoms with E-state index in [-0.39, 0.29) is 0 Å². The molecule has 1 aromatic carbocycles. The maximum atomic E-state index is 5.34. The number of nitrogens with one attached hydrogen (secondary N) is 1. The van der Waals surface area contributed by atoms with Crippen LogP contribution in [-0.4, -0.2) is 50.8 Å². The van der Waals surface area contributed by atoms with E-state index in [0.29, 0.717) is 5.92 Å².